The highest BCUT2D eigenvalue weighted by molar-refractivity contribution is 5.67. The van der Waals surface area contributed by atoms with Crippen molar-refractivity contribution in [3.63, 3.8) is 0 Å². The second-order valence-electron chi connectivity index (χ2n) is 4.17. The Labute approximate surface area is 97.3 Å². The van der Waals surface area contributed by atoms with Gasteiger partial charge in [0.25, 0.3) is 5.56 Å². The Morgan fingerprint density at radius 3 is 3.18 bits per heavy atom. The maximum atomic E-state index is 11.3. The Kier molecular flexibility index (Phi) is 2.99. The van der Waals surface area contributed by atoms with Crippen LogP contribution in [0.4, 0.5) is 11.5 Å². The van der Waals surface area contributed by atoms with Crippen molar-refractivity contribution in [3.05, 3.63) is 16.7 Å². The summed E-state index contributed by atoms with van der Waals surface area (Å²) >= 11 is 0. The lowest BCUT2D eigenvalue weighted by molar-refractivity contribution is -0.137. The number of nitrogens with zero attached hydrogens (tertiary/aromatic N) is 2. The molecule has 1 aliphatic heterocycles. The minimum atomic E-state index is -0.802. The van der Waals surface area contributed by atoms with Gasteiger partial charge in [-0.1, -0.05) is 0 Å². The number of hydrogen-bond donors (Lipinski definition) is 3. The smallest absolute Gasteiger partial charge is 0.303 e. The topological polar surface area (TPSA) is 112 Å². The van der Waals surface area contributed by atoms with Crippen LogP contribution in [0.15, 0.2) is 11.1 Å². The van der Waals surface area contributed by atoms with Crippen LogP contribution in [0.5, 0.6) is 0 Å². The fourth-order valence-electron chi connectivity index (χ4n) is 2.09. The highest BCUT2D eigenvalue weighted by Gasteiger charge is 2.26. The number of nitrogen functional groups attached to an aromatic ring is 1. The molecule has 1 aliphatic rings. The number of anilines is 2. The van der Waals surface area contributed by atoms with E-state index in [0.29, 0.717) is 18.9 Å². The third-order valence-electron chi connectivity index (χ3n) is 2.92. The van der Waals surface area contributed by atoms with E-state index in [-0.39, 0.29) is 23.6 Å². The zero-order chi connectivity index (χ0) is 12.4. The second-order valence-corrected chi connectivity index (χ2v) is 4.17. The molecule has 0 aliphatic carbocycles. The van der Waals surface area contributed by atoms with Crippen molar-refractivity contribution in [2.24, 2.45) is 5.92 Å². The molecule has 1 fully saturated rings. The number of carbonyl (C=O) groups is 1. The van der Waals surface area contributed by atoms with Crippen LogP contribution >= 0.6 is 0 Å². The Morgan fingerprint density at radius 1 is 1.71 bits per heavy atom. The fourth-order valence-corrected chi connectivity index (χ4v) is 2.09. The fraction of sp³-hybridized carbons (Fsp3) is 0.500. The average molecular weight is 238 g/mol. The summed E-state index contributed by atoms with van der Waals surface area (Å²) in [6, 6.07) is 0. The van der Waals surface area contributed by atoms with Gasteiger partial charge in [-0.25, -0.2) is 4.98 Å². The van der Waals surface area contributed by atoms with Gasteiger partial charge in [-0.3, -0.25) is 9.59 Å². The number of aromatic nitrogens is 2. The summed E-state index contributed by atoms with van der Waals surface area (Å²) in [5, 5.41) is 8.72. The van der Waals surface area contributed by atoms with Crippen LogP contribution in [0.25, 0.3) is 0 Å². The van der Waals surface area contributed by atoms with Crippen molar-refractivity contribution in [2.75, 3.05) is 23.7 Å². The van der Waals surface area contributed by atoms with Crippen molar-refractivity contribution >= 4 is 17.5 Å². The Morgan fingerprint density at radius 2 is 2.47 bits per heavy atom. The average Bonchev–Trinajstić information content (AvgIpc) is 2.69. The van der Waals surface area contributed by atoms with Gasteiger partial charge in [-0.15, -0.1) is 0 Å². The predicted octanol–water partition coefficient (Wildman–Crippen LogP) is -0.347. The molecule has 0 aromatic carbocycles. The van der Waals surface area contributed by atoms with E-state index in [1.807, 2.05) is 4.90 Å². The molecule has 0 saturated carbocycles. The first-order valence-corrected chi connectivity index (χ1v) is 5.38. The van der Waals surface area contributed by atoms with Crippen LogP contribution in [0.1, 0.15) is 12.8 Å². The number of H-pyrrole nitrogens is 1. The number of nitrogens with one attached hydrogen (secondary N) is 1. The van der Waals surface area contributed by atoms with Gasteiger partial charge in [-0.2, -0.15) is 0 Å². The van der Waals surface area contributed by atoms with Gasteiger partial charge in [0, 0.05) is 19.5 Å². The molecule has 7 heteroatoms. The van der Waals surface area contributed by atoms with Gasteiger partial charge in [0.05, 0.1) is 6.33 Å². The Hall–Kier alpha value is -2.05. The van der Waals surface area contributed by atoms with E-state index in [1.54, 1.807) is 0 Å². The van der Waals surface area contributed by atoms with Crippen molar-refractivity contribution in [1.29, 1.82) is 0 Å². The number of carboxylic acid groups (broad SMARTS) is 1. The normalized spacial score (nSPS) is 19.5. The molecule has 0 amide bonds. The minimum absolute atomic E-state index is 0.0866. The van der Waals surface area contributed by atoms with Crippen LogP contribution in [0, 0.1) is 5.92 Å². The number of aromatic amines is 1. The maximum Gasteiger partial charge on any atom is 0.303 e. The zero-order valence-corrected chi connectivity index (χ0v) is 9.22. The van der Waals surface area contributed by atoms with Crippen molar-refractivity contribution in [2.45, 2.75) is 12.8 Å². The lowest BCUT2D eigenvalue weighted by Gasteiger charge is -2.17. The third kappa shape index (κ3) is 2.38. The molecule has 2 rings (SSSR count). The Bertz CT molecular complexity index is 485. The molecule has 0 bridgehead atoms. The predicted molar refractivity (Wildman–Crippen MR) is 61.8 cm³/mol. The lowest BCUT2D eigenvalue weighted by atomic mass is 10.1. The number of aliphatic carboxylic acids is 1. The Balaban J connectivity index is 2.12. The minimum Gasteiger partial charge on any atom is -0.481 e. The van der Waals surface area contributed by atoms with Gasteiger partial charge >= 0.3 is 5.97 Å². The number of nitrogens with two attached hydrogens (primary N) is 1. The molecular weight excluding hydrogens is 224 g/mol. The van der Waals surface area contributed by atoms with E-state index >= 15 is 0 Å². The highest BCUT2D eigenvalue weighted by atomic mass is 16.4. The molecule has 4 N–H and O–H groups in total. The largest absolute Gasteiger partial charge is 0.481 e. The first-order chi connectivity index (χ1) is 8.08. The van der Waals surface area contributed by atoms with Crippen molar-refractivity contribution in [1.82, 2.24) is 9.97 Å². The van der Waals surface area contributed by atoms with E-state index in [4.69, 9.17) is 10.8 Å². The van der Waals surface area contributed by atoms with Crippen molar-refractivity contribution in [3.8, 4) is 0 Å². The van der Waals surface area contributed by atoms with Crippen LogP contribution in [0.2, 0.25) is 0 Å². The molecule has 2 heterocycles. The number of rotatable bonds is 3. The second kappa shape index (κ2) is 4.44. The van der Waals surface area contributed by atoms with Crippen LogP contribution in [-0.2, 0) is 4.79 Å². The van der Waals surface area contributed by atoms with Crippen molar-refractivity contribution < 1.29 is 9.90 Å². The first-order valence-electron chi connectivity index (χ1n) is 5.38. The molecular formula is C10H14N4O3. The van der Waals surface area contributed by atoms with Crippen LogP contribution < -0.4 is 16.2 Å². The van der Waals surface area contributed by atoms with E-state index in [0.717, 1.165) is 6.42 Å². The summed E-state index contributed by atoms with van der Waals surface area (Å²) in [7, 11) is 0. The van der Waals surface area contributed by atoms with E-state index in [9.17, 15) is 9.59 Å². The molecule has 92 valence electrons. The van der Waals surface area contributed by atoms with Crippen LogP contribution in [-0.4, -0.2) is 34.1 Å². The summed E-state index contributed by atoms with van der Waals surface area (Å²) in [6.07, 6.45) is 2.22. The molecule has 1 aromatic heterocycles. The molecule has 1 aromatic rings. The summed E-state index contributed by atoms with van der Waals surface area (Å²) < 4.78 is 0. The SMILES string of the molecule is Nc1c(N2CCC(CC(=O)O)C2)nc[nH]c1=O. The standard InChI is InChI=1S/C10H14N4O3/c11-8-9(12-5-13-10(8)17)14-2-1-6(4-14)3-7(15)16/h5-6H,1-4,11H2,(H,15,16)(H,12,13,17). The molecule has 17 heavy (non-hydrogen) atoms. The molecule has 1 saturated heterocycles. The zero-order valence-electron chi connectivity index (χ0n) is 9.22. The van der Waals surface area contributed by atoms with Gasteiger partial charge in [0.2, 0.25) is 0 Å². The van der Waals surface area contributed by atoms with Gasteiger partial charge in [-0.05, 0) is 12.3 Å². The van der Waals surface area contributed by atoms with Gasteiger partial charge < -0.3 is 20.7 Å². The van der Waals surface area contributed by atoms with Gasteiger partial charge in [0.1, 0.15) is 5.69 Å². The van der Waals surface area contributed by atoms with Gasteiger partial charge in [0.15, 0.2) is 5.82 Å². The summed E-state index contributed by atoms with van der Waals surface area (Å²) in [5.74, 6) is -0.265. The molecule has 0 radical (unpaired) electrons. The summed E-state index contributed by atoms with van der Waals surface area (Å²) in [4.78, 5) is 30.2. The number of carboxylic acids is 1. The molecule has 0 spiro atoms. The third-order valence-corrected chi connectivity index (χ3v) is 2.92. The summed E-state index contributed by atoms with van der Waals surface area (Å²) in [5.41, 5.74) is 5.37. The van der Waals surface area contributed by atoms with E-state index in [2.05, 4.69) is 9.97 Å². The maximum absolute atomic E-state index is 11.3. The quantitative estimate of drug-likeness (QED) is 0.663. The highest BCUT2D eigenvalue weighted by Crippen LogP contribution is 2.26. The van der Waals surface area contributed by atoms with Crippen LogP contribution in [0.3, 0.4) is 0 Å². The first kappa shape index (κ1) is 11.4. The lowest BCUT2D eigenvalue weighted by Crippen LogP contribution is -2.26. The van der Waals surface area contributed by atoms with E-state index in [1.165, 1.54) is 6.33 Å². The monoisotopic (exact) mass is 238 g/mol. The molecule has 7 nitrogen and oxygen atoms in total. The number of hydrogen-bond acceptors (Lipinski definition) is 5. The molecule has 1 atom stereocenters. The molecule has 1 unspecified atom stereocenters. The summed E-state index contributed by atoms with van der Waals surface area (Å²) in [6.45, 7) is 1.26. The van der Waals surface area contributed by atoms with E-state index < -0.39 is 5.97 Å².